The van der Waals surface area contributed by atoms with E-state index in [4.69, 9.17) is 31.0 Å². The van der Waals surface area contributed by atoms with Gasteiger partial charge in [0.25, 0.3) is 0 Å². The zero-order valence-electron chi connectivity index (χ0n) is 22.7. The first kappa shape index (κ1) is 25.1. The highest BCUT2D eigenvalue weighted by Gasteiger charge is 2.46. The third-order valence-corrected chi connectivity index (χ3v) is 10.4. The maximum Gasteiger partial charge on any atom is 0.316 e. The number of fused-ring (bicyclic) bond motifs is 4. The second-order valence-corrected chi connectivity index (χ2v) is 12.7. The number of phenols is 1. The van der Waals surface area contributed by atoms with Gasteiger partial charge in [-0.25, -0.2) is 0 Å². The van der Waals surface area contributed by atoms with Crippen LogP contribution < -0.4 is 15.0 Å². The number of hydrogen-bond donors (Lipinski definition) is 2. The second kappa shape index (κ2) is 9.72. The van der Waals surface area contributed by atoms with E-state index < -0.39 is 0 Å². The van der Waals surface area contributed by atoms with E-state index >= 15 is 0 Å². The van der Waals surface area contributed by atoms with E-state index in [2.05, 4.69) is 15.1 Å². The van der Waals surface area contributed by atoms with E-state index in [1.165, 1.54) is 38.8 Å². The fraction of sp³-hybridized carbons (Fsp3) is 0.548. The van der Waals surface area contributed by atoms with Gasteiger partial charge in [0, 0.05) is 41.9 Å². The van der Waals surface area contributed by atoms with E-state index in [0.29, 0.717) is 49.2 Å². The average Bonchev–Trinajstić information content (AvgIpc) is 3.50. The molecule has 1 aromatic heterocycles. The lowest BCUT2D eigenvalue weighted by molar-refractivity contribution is 0.0279. The summed E-state index contributed by atoms with van der Waals surface area (Å²) < 4.78 is 13.2. The molecule has 3 atom stereocenters. The van der Waals surface area contributed by atoms with Crippen LogP contribution >= 0.6 is 11.6 Å². The Kier molecular flexibility index (Phi) is 6.10. The zero-order chi connectivity index (χ0) is 26.8. The molecule has 0 aliphatic carbocycles. The summed E-state index contributed by atoms with van der Waals surface area (Å²) in [6, 6.07) is 9.89. The summed E-state index contributed by atoms with van der Waals surface area (Å²) in [5, 5.41) is 16.7. The van der Waals surface area contributed by atoms with Crippen LogP contribution in [0.1, 0.15) is 61.1 Å². The van der Waals surface area contributed by atoms with Crippen molar-refractivity contribution in [1.82, 2.24) is 20.2 Å². The van der Waals surface area contributed by atoms with Crippen molar-refractivity contribution in [2.24, 2.45) is 5.92 Å². The first-order valence-electron chi connectivity index (χ1n) is 14.9. The summed E-state index contributed by atoms with van der Waals surface area (Å²) in [5.74, 6) is 0.925. The number of aromatic hydroxyl groups is 1. The Morgan fingerprint density at radius 2 is 2.05 bits per heavy atom. The highest BCUT2D eigenvalue weighted by molar-refractivity contribution is 6.36. The minimum absolute atomic E-state index is 0.138. The van der Waals surface area contributed by atoms with Crippen molar-refractivity contribution in [1.29, 1.82) is 0 Å². The molecular formula is C31H36ClN5O3. The van der Waals surface area contributed by atoms with Gasteiger partial charge in [-0.2, -0.15) is 9.97 Å². The van der Waals surface area contributed by atoms with Gasteiger partial charge in [0.05, 0.1) is 40.8 Å². The van der Waals surface area contributed by atoms with Gasteiger partial charge in [-0.3, -0.25) is 4.90 Å². The molecule has 3 aromatic rings. The minimum atomic E-state index is -0.156. The van der Waals surface area contributed by atoms with Gasteiger partial charge in [0.1, 0.15) is 18.5 Å². The Bertz CT molecular complexity index is 1460. The third-order valence-electron chi connectivity index (χ3n) is 10.1. The number of benzene rings is 2. The van der Waals surface area contributed by atoms with Gasteiger partial charge in [0.2, 0.25) is 0 Å². The molecule has 6 heterocycles. The van der Waals surface area contributed by atoms with E-state index in [-0.39, 0.29) is 17.4 Å². The summed E-state index contributed by atoms with van der Waals surface area (Å²) in [6.45, 7) is 6.82. The molecule has 0 spiro atoms. The monoisotopic (exact) mass is 561 g/mol. The fourth-order valence-electron chi connectivity index (χ4n) is 8.14. The lowest BCUT2D eigenvalue weighted by Crippen LogP contribution is -2.43. The molecular weight excluding hydrogens is 526 g/mol. The predicted molar refractivity (Wildman–Crippen MR) is 154 cm³/mol. The summed E-state index contributed by atoms with van der Waals surface area (Å²) >= 11 is 6.73. The molecule has 8 nitrogen and oxygen atoms in total. The number of rotatable bonds is 4. The highest BCUT2D eigenvalue weighted by Crippen LogP contribution is 2.46. The Morgan fingerprint density at radius 1 is 1.18 bits per heavy atom. The Hall–Kier alpha value is -2.65. The van der Waals surface area contributed by atoms with Crippen LogP contribution in [-0.2, 0) is 11.3 Å². The normalized spacial score (nSPS) is 27.2. The van der Waals surface area contributed by atoms with Crippen LogP contribution in [0.2, 0.25) is 5.02 Å². The number of piperidine rings is 1. The fourth-order valence-corrected chi connectivity index (χ4v) is 8.42. The molecule has 5 aliphatic rings. The van der Waals surface area contributed by atoms with Gasteiger partial charge in [0.15, 0.2) is 0 Å². The number of nitrogens with one attached hydrogen (secondary N) is 1. The van der Waals surface area contributed by atoms with Crippen molar-refractivity contribution in [3.8, 4) is 11.8 Å². The van der Waals surface area contributed by atoms with Crippen LogP contribution in [-0.4, -0.2) is 71.5 Å². The smallest absolute Gasteiger partial charge is 0.316 e. The number of hydrogen-bond acceptors (Lipinski definition) is 8. The lowest BCUT2D eigenvalue weighted by atomic mass is 9.82. The van der Waals surface area contributed by atoms with Crippen LogP contribution in [0.5, 0.6) is 11.8 Å². The molecule has 0 amide bonds. The van der Waals surface area contributed by atoms with Crippen molar-refractivity contribution < 1.29 is 14.6 Å². The van der Waals surface area contributed by atoms with E-state index in [1.54, 1.807) is 6.07 Å². The molecule has 5 aliphatic heterocycles. The SMILES string of the molecule is Oc1cc(N2Cc3nc(OCC45CCCN4CCC5)nc4c3C(C2)OCC2CNCCC42)c2c(Cl)cccc2c1. The number of ether oxygens (including phenoxy) is 2. The number of phenolic OH excluding ortho intramolecular Hbond substituents is 1. The highest BCUT2D eigenvalue weighted by atomic mass is 35.5. The van der Waals surface area contributed by atoms with Crippen LogP contribution in [0, 0.1) is 5.92 Å². The summed E-state index contributed by atoms with van der Waals surface area (Å²) in [7, 11) is 0. The number of aromatic nitrogens is 2. The topological polar surface area (TPSA) is 83.0 Å². The average molecular weight is 562 g/mol. The first-order chi connectivity index (χ1) is 19.6. The van der Waals surface area contributed by atoms with Crippen molar-refractivity contribution in [3.63, 3.8) is 0 Å². The van der Waals surface area contributed by atoms with Crippen LogP contribution in [0.15, 0.2) is 30.3 Å². The van der Waals surface area contributed by atoms with Crippen molar-refractivity contribution >= 4 is 28.1 Å². The van der Waals surface area contributed by atoms with Crippen molar-refractivity contribution in [2.45, 2.75) is 56.2 Å². The molecule has 210 valence electrons. The molecule has 8 rings (SSSR count). The van der Waals surface area contributed by atoms with Gasteiger partial charge < -0.3 is 24.8 Å². The second-order valence-electron chi connectivity index (χ2n) is 12.3. The molecule has 0 radical (unpaired) electrons. The molecule has 3 unspecified atom stereocenters. The summed E-state index contributed by atoms with van der Waals surface area (Å²) in [6.07, 6.45) is 5.75. The zero-order valence-corrected chi connectivity index (χ0v) is 23.5. The van der Waals surface area contributed by atoms with E-state index in [9.17, 15) is 5.11 Å². The standard InChI is InChI=1S/C31H36ClN5O3/c32-23-5-1-4-19-12-21(38)13-25(27(19)23)36-15-24-28-26(16-36)39-17-20-14-33-9-6-22(20)29(28)35-30(34-24)40-18-31-7-2-10-37(31)11-3-8-31/h1,4-5,12-13,20,22,26,33,38H,2-3,6-11,14-18H2. The molecule has 2 N–H and O–H groups in total. The maximum absolute atomic E-state index is 10.6. The van der Waals surface area contributed by atoms with Gasteiger partial charge in [-0.15, -0.1) is 0 Å². The van der Waals surface area contributed by atoms with E-state index in [1.807, 2.05) is 24.3 Å². The molecule has 3 saturated heterocycles. The van der Waals surface area contributed by atoms with Gasteiger partial charge >= 0.3 is 6.01 Å². The third kappa shape index (κ3) is 4.06. The van der Waals surface area contributed by atoms with Gasteiger partial charge in [-0.1, -0.05) is 23.7 Å². The molecule has 0 bridgehead atoms. The largest absolute Gasteiger partial charge is 0.508 e. The van der Waals surface area contributed by atoms with Crippen molar-refractivity contribution in [2.75, 3.05) is 50.8 Å². The Balaban J connectivity index is 1.20. The molecule has 0 saturated carbocycles. The predicted octanol–water partition coefficient (Wildman–Crippen LogP) is 4.78. The first-order valence-corrected chi connectivity index (χ1v) is 15.2. The number of halogens is 1. The van der Waals surface area contributed by atoms with Crippen molar-refractivity contribution in [3.05, 3.63) is 52.3 Å². The molecule has 2 aromatic carbocycles. The summed E-state index contributed by atoms with van der Waals surface area (Å²) in [5.41, 5.74) is 4.27. The number of anilines is 1. The molecule has 9 heteroatoms. The van der Waals surface area contributed by atoms with Crippen LogP contribution in [0.4, 0.5) is 5.69 Å². The van der Waals surface area contributed by atoms with Crippen LogP contribution in [0.25, 0.3) is 10.8 Å². The Labute approximate surface area is 239 Å². The minimum Gasteiger partial charge on any atom is -0.508 e. The quantitative estimate of drug-likeness (QED) is 0.471. The molecule has 40 heavy (non-hydrogen) atoms. The molecule has 3 fully saturated rings. The lowest BCUT2D eigenvalue weighted by Gasteiger charge is -2.37. The maximum atomic E-state index is 10.6. The van der Waals surface area contributed by atoms with Gasteiger partial charge in [-0.05, 0) is 69.3 Å². The number of nitrogens with zero attached hydrogens (tertiary/aromatic N) is 4. The van der Waals surface area contributed by atoms with E-state index in [0.717, 1.165) is 52.9 Å². The Morgan fingerprint density at radius 3 is 2.92 bits per heavy atom. The van der Waals surface area contributed by atoms with Crippen LogP contribution in [0.3, 0.4) is 0 Å². The summed E-state index contributed by atoms with van der Waals surface area (Å²) in [4.78, 5) is 15.1.